The van der Waals surface area contributed by atoms with E-state index in [1.807, 2.05) is 79.7 Å². The molecule has 0 bridgehead atoms. The molecule has 0 saturated heterocycles. The molecule has 3 rings (SSSR count). The lowest BCUT2D eigenvalue weighted by atomic mass is 10.0. The molecule has 0 heterocycles. The Morgan fingerprint density at radius 1 is 0.815 bits per heavy atom. The average Bonchev–Trinajstić information content (AvgIpc) is 2.73. The molecule has 3 aromatic carbocycles. The lowest BCUT2D eigenvalue weighted by molar-refractivity contribution is 0.0960. The molecule has 0 fully saturated rings. The van der Waals surface area contributed by atoms with E-state index in [2.05, 4.69) is 5.32 Å². The van der Waals surface area contributed by atoms with Gasteiger partial charge in [0.1, 0.15) is 0 Å². The predicted octanol–water partition coefficient (Wildman–Crippen LogP) is 5.23. The van der Waals surface area contributed by atoms with Crippen LogP contribution < -0.4 is 5.32 Å². The maximum Gasteiger partial charge on any atom is 0.334 e. The van der Waals surface area contributed by atoms with Gasteiger partial charge >= 0.3 is 6.03 Å². The first kappa shape index (κ1) is 18.7. The van der Waals surface area contributed by atoms with Crippen molar-refractivity contribution in [2.24, 2.45) is 0 Å². The van der Waals surface area contributed by atoms with Gasteiger partial charge in [-0.25, -0.2) is 4.79 Å². The summed E-state index contributed by atoms with van der Waals surface area (Å²) in [6.07, 6.45) is 0. The molecule has 0 saturated carbocycles. The van der Waals surface area contributed by atoms with Gasteiger partial charge in [-0.3, -0.25) is 14.4 Å². The van der Waals surface area contributed by atoms with E-state index in [0.29, 0.717) is 12.1 Å². The van der Waals surface area contributed by atoms with Crippen molar-refractivity contribution < 1.29 is 9.59 Å². The zero-order chi connectivity index (χ0) is 19.1. The molecule has 136 valence electrons. The van der Waals surface area contributed by atoms with Crippen LogP contribution in [0, 0.1) is 0 Å². The summed E-state index contributed by atoms with van der Waals surface area (Å²) in [5.74, 6) is -0.410. The van der Waals surface area contributed by atoms with Crippen molar-refractivity contribution >= 4 is 23.9 Å². The van der Waals surface area contributed by atoms with E-state index in [1.165, 1.54) is 16.3 Å². The summed E-state index contributed by atoms with van der Waals surface area (Å²) in [6, 6.07) is 26.3. The Morgan fingerprint density at radius 2 is 1.37 bits per heavy atom. The number of amides is 3. The van der Waals surface area contributed by atoms with E-state index < -0.39 is 11.9 Å². The van der Waals surface area contributed by atoms with Crippen molar-refractivity contribution in [3.63, 3.8) is 0 Å². The number of imide groups is 1. The fourth-order valence-corrected chi connectivity index (χ4v) is 3.33. The van der Waals surface area contributed by atoms with E-state index in [4.69, 9.17) is 0 Å². The number of nitrogens with one attached hydrogen (secondary N) is 1. The van der Waals surface area contributed by atoms with Crippen LogP contribution in [-0.4, -0.2) is 22.8 Å². The third kappa shape index (κ3) is 4.99. The third-order valence-corrected chi connectivity index (χ3v) is 5.07. The van der Waals surface area contributed by atoms with Crippen LogP contribution in [0.5, 0.6) is 0 Å². The van der Waals surface area contributed by atoms with E-state index >= 15 is 0 Å². The predicted molar refractivity (Wildman–Crippen MR) is 109 cm³/mol. The highest BCUT2D eigenvalue weighted by Gasteiger charge is 2.17. The molecule has 0 atom stereocenters. The van der Waals surface area contributed by atoms with Crippen LogP contribution in [0.1, 0.15) is 17.3 Å². The summed E-state index contributed by atoms with van der Waals surface area (Å²) in [7, 11) is 0. The maximum absolute atomic E-state index is 12.4. The van der Waals surface area contributed by atoms with Gasteiger partial charge in [0.25, 0.3) is 5.91 Å². The zero-order valence-electron chi connectivity index (χ0n) is 15.0. The van der Waals surface area contributed by atoms with Gasteiger partial charge in [0, 0.05) is 17.0 Å². The van der Waals surface area contributed by atoms with Crippen LogP contribution >= 0.6 is 11.9 Å². The van der Waals surface area contributed by atoms with Crippen molar-refractivity contribution in [3.05, 3.63) is 90.5 Å². The van der Waals surface area contributed by atoms with Crippen LogP contribution in [0.25, 0.3) is 11.1 Å². The highest BCUT2D eigenvalue weighted by Crippen LogP contribution is 2.22. The number of hydrogen-bond acceptors (Lipinski definition) is 3. The van der Waals surface area contributed by atoms with Gasteiger partial charge in [0.05, 0.1) is 0 Å². The second-order valence-electron chi connectivity index (χ2n) is 5.80. The van der Waals surface area contributed by atoms with E-state index in [0.717, 1.165) is 16.0 Å². The van der Waals surface area contributed by atoms with Crippen molar-refractivity contribution in [2.75, 3.05) is 6.54 Å². The largest absolute Gasteiger partial charge is 0.334 e. The first-order valence-electron chi connectivity index (χ1n) is 8.68. The molecular weight excluding hydrogens is 356 g/mol. The topological polar surface area (TPSA) is 49.4 Å². The fourth-order valence-electron chi connectivity index (χ4n) is 2.53. The summed E-state index contributed by atoms with van der Waals surface area (Å²) in [6.45, 7) is 2.35. The number of hydrogen-bond donors (Lipinski definition) is 1. The van der Waals surface area contributed by atoms with Crippen LogP contribution in [0.15, 0.2) is 89.8 Å². The molecule has 0 aliphatic rings. The van der Waals surface area contributed by atoms with Gasteiger partial charge in [0.2, 0.25) is 0 Å². The first-order valence-corrected chi connectivity index (χ1v) is 9.46. The molecule has 3 amide bonds. The van der Waals surface area contributed by atoms with Crippen molar-refractivity contribution in [2.45, 2.75) is 11.8 Å². The maximum atomic E-state index is 12.4. The quantitative estimate of drug-likeness (QED) is 0.620. The molecule has 0 spiro atoms. The lowest BCUT2D eigenvalue weighted by Crippen LogP contribution is -2.39. The Bertz CT molecular complexity index is 897. The number of urea groups is 1. The minimum absolute atomic E-state index is 0.410. The van der Waals surface area contributed by atoms with Gasteiger partial charge in [-0.2, -0.15) is 0 Å². The Balaban J connectivity index is 1.64. The highest BCUT2D eigenvalue weighted by atomic mass is 32.2. The smallest absolute Gasteiger partial charge is 0.273 e. The fraction of sp³-hybridized carbons (Fsp3) is 0.0909. The average molecular weight is 376 g/mol. The number of nitrogens with zero attached hydrogens (tertiary/aromatic N) is 1. The SMILES string of the molecule is CCN(Sc1ccccc1)C(=O)NC(=O)c1ccc(-c2ccccc2)cc1. The molecule has 0 radical (unpaired) electrons. The van der Waals surface area contributed by atoms with Crippen molar-refractivity contribution in [1.29, 1.82) is 0 Å². The molecule has 1 N–H and O–H groups in total. The minimum Gasteiger partial charge on any atom is -0.273 e. The summed E-state index contributed by atoms with van der Waals surface area (Å²) < 4.78 is 1.52. The highest BCUT2D eigenvalue weighted by molar-refractivity contribution is 7.97. The van der Waals surface area contributed by atoms with Gasteiger partial charge in [-0.15, -0.1) is 0 Å². The van der Waals surface area contributed by atoms with Gasteiger partial charge in [0.15, 0.2) is 0 Å². The Hall–Kier alpha value is -3.05. The van der Waals surface area contributed by atoms with Crippen LogP contribution in [-0.2, 0) is 0 Å². The number of carbonyl (C=O) groups is 2. The molecule has 3 aromatic rings. The molecule has 0 aliphatic heterocycles. The molecule has 0 aliphatic carbocycles. The second kappa shape index (κ2) is 9.05. The molecular formula is C22H20N2O2S. The lowest BCUT2D eigenvalue weighted by Gasteiger charge is -2.19. The van der Waals surface area contributed by atoms with Crippen molar-refractivity contribution in [3.8, 4) is 11.1 Å². The monoisotopic (exact) mass is 376 g/mol. The number of carbonyl (C=O) groups excluding carboxylic acids is 2. The molecule has 4 nitrogen and oxygen atoms in total. The molecule has 5 heteroatoms. The summed E-state index contributed by atoms with van der Waals surface area (Å²) >= 11 is 1.30. The molecule has 0 unspecified atom stereocenters. The van der Waals surface area contributed by atoms with E-state index in [-0.39, 0.29) is 0 Å². The summed E-state index contributed by atoms with van der Waals surface area (Å²) in [5, 5.41) is 2.45. The van der Waals surface area contributed by atoms with Gasteiger partial charge in [-0.1, -0.05) is 60.7 Å². The van der Waals surface area contributed by atoms with Crippen LogP contribution in [0.2, 0.25) is 0 Å². The number of rotatable bonds is 5. The molecule has 27 heavy (non-hydrogen) atoms. The van der Waals surface area contributed by atoms with Crippen LogP contribution in [0.4, 0.5) is 4.79 Å². The summed E-state index contributed by atoms with van der Waals surface area (Å²) in [5.41, 5.74) is 2.55. The Morgan fingerprint density at radius 3 is 1.96 bits per heavy atom. The van der Waals surface area contributed by atoms with E-state index in [9.17, 15) is 9.59 Å². The standard InChI is InChI=1S/C22H20N2O2S/c1-2-24(27-20-11-7-4-8-12-20)22(26)23-21(25)19-15-13-18(14-16-19)17-9-5-3-6-10-17/h3-16H,2H2,1H3,(H,23,25,26). The first-order chi connectivity index (χ1) is 13.2. The van der Waals surface area contributed by atoms with Crippen LogP contribution in [0.3, 0.4) is 0 Å². The normalized spacial score (nSPS) is 10.3. The summed E-state index contributed by atoms with van der Waals surface area (Å²) in [4.78, 5) is 25.8. The third-order valence-electron chi connectivity index (χ3n) is 3.95. The van der Waals surface area contributed by atoms with E-state index in [1.54, 1.807) is 12.1 Å². The molecule has 0 aromatic heterocycles. The Labute approximate surface area is 163 Å². The minimum atomic E-state index is -0.427. The number of benzene rings is 3. The van der Waals surface area contributed by atoms with Gasteiger partial charge in [-0.05, 0) is 54.3 Å². The Kier molecular flexibility index (Phi) is 6.28. The second-order valence-corrected chi connectivity index (χ2v) is 6.90. The van der Waals surface area contributed by atoms with Crippen molar-refractivity contribution in [1.82, 2.24) is 9.62 Å². The van der Waals surface area contributed by atoms with Gasteiger partial charge < -0.3 is 0 Å². The zero-order valence-corrected chi connectivity index (χ0v) is 15.8.